The Hall–Kier alpha value is -0.420. The van der Waals surface area contributed by atoms with Crippen molar-refractivity contribution in [1.29, 1.82) is 0 Å². The van der Waals surface area contributed by atoms with E-state index in [0.29, 0.717) is 6.61 Å². The van der Waals surface area contributed by atoms with Crippen LogP contribution in [0.4, 0.5) is 0 Å². The van der Waals surface area contributed by atoms with Gasteiger partial charge in [0.05, 0.1) is 11.9 Å². The molecule has 5 heteroatoms. The van der Waals surface area contributed by atoms with E-state index in [-0.39, 0.29) is 29.3 Å². The van der Waals surface area contributed by atoms with Crippen molar-refractivity contribution in [2.75, 3.05) is 18.1 Å². The molecule has 0 aromatic heterocycles. The summed E-state index contributed by atoms with van der Waals surface area (Å²) >= 11 is 0. The van der Waals surface area contributed by atoms with E-state index in [9.17, 15) is 13.2 Å². The molecule has 0 aromatic rings. The smallest absolute Gasteiger partial charge is 0.159 e. The summed E-state index contributed by atoms with van der Waals surface area (Å²) < 4.78 is 28.4. The number of rotatable bonds is 5. The van der Waals surface area contributed by atoms with Crippen molar-refractivity contribution >= 4 is 15.6 Å². The molecule has 1 atom stereocenters. The minimum absolute atomic E-state index is 0.00847. The Morgan fingerprint density at radius 3 is 2.60 bits per heavy atom. The van der Waals surface area contributed by atoms with E-state index in [1.807, 2.05) is 0 Å². The molecule has 0 aromatic carbocycles. The fourth-order valence-electron chi connectivity index (χ4n) is 1.50. The first-order valence-corrected chi connectivity index (χ1v) is 7.07. The monoisotopic (exact) mass is 234 g/mol. The summed E-state index contributed by atoms with van der Waals surface area (Å²) in [4.78, 5) is 11.3. The molecule has 4 nitrogen and oxygen atoms in total. The van der Waals surface area contributed by atoms with Crippen LogP contribution in [-0.2, 0) is 19.4 Å². The highest BCUT2D eigenvalue weighted by Crippen LogP contribution is 2.14. The Kier molecular flexibility index (Phi) is 4.28. The van der Waals surface area contributed by atoms with Gasteiger partial charge in [0.25, 0.3) is 0 Å². The second kappa shape index (κ2) is 5.07. The molecule has 15 heavy (non-hydrogen) atoms. The molecule has 1 heterocycles. The molecular weight excluding hydrogens is 216 g/mol. The third-order valence-corrected chi connectivity index (χ3v) is 4.07. The van der Waals surface area contributed by atoms with Gasteiger partial charge in [0.1, 0.15) is 11.5 Å². The van der Waals surface area contributed by atoms with E-state index in [0.717, 1.165) is 12.8 Å². The SMILES string of the molecule is CC(C)C(=O)CS(=O)(=O)CC1CCCO1. The minimum atomic E-state index is -3.28. The first-order chi connectivity index (χ1) is 6.91. The molecule has 1 aliphatic heterocycles. The van der Waals surface area contributed by atoms with Gasteiger partial charge in [0, 0.05) is 12.5 Å². The number of carbonyl (C=O) groups is 1. The first kappa shape index (κ1) is 12.6. The van der Waals surface area contributed by atoms with Gasteiger partial charge in [-0.3, -0.25) is 4.79 Å². The van der Waals surface area contributed by atoms with Crippen LogP contribution in [-0.4, -0.2) is 38.4 Å². The highest BCUT2D eigenvalue weighted by molar-refractivity contribution is 7.92. The third kappa shape index (κ3) is 4.30. The number of hydrogen-bond acceptors (Lipinski definition) is 4. The molecule has 0 N–H and O–H groups in total. The molecule has 1 aliphatic rings. The number of ketones is 1. The average Bonchev–Trinajstić information content (AvgIpc) is 2.54. The number of Topliss-reactive ketones (excluding diaryl/α,β-unsaturated/α-hetero) is 1. The lowest BCUT2D eigenvalue weighted by atomic mass is 10.1. The van der Waals surface area contributed by atoms with E-state index in [4.69, 9.17) is 4.74 Å². The van der Waals surface area contributed by atoms with Crippen molar-refractivity contribution in [2.45, 2.75) is 32.8 Å². The molecule has 0 bridgehead atoms. The Bertz CT molecular complexity index is 312. The molecule has 0 saturated carbocycles. The van der Waals surface area contributed by atoms with Gasteiger partial charge in [-0.25, -0.2) is 8.42 Å². The van der Waals surface area contributed by atoms with Crippen LogP contribution in [0.3, 0.4) is 0 Å². The van der Waals surface area contributed by atoms with Crippen LogP contribution in [0.15, 0.2) is 0 Å². The minimum Gasteiger partial charge on any atom is -0.377 e. The second-order valence-electron chi connectivity index (χ2n) is 4.31. The van der Waals surface area contributed by atoms with Crippen LogP contribution < -0.4 is 0 Å². The molecule has 1 fully saturated rings. The van der Waals surface area contributed by atoms with E-state index < -0.39 is 9.84 Å². The summed E-state index contributed by atoms with van der Waals surface area (Å²) in [6.45, 7) is 4.06. The van der Waals surface area contributed by atoms with Gasteiger partial charge in [-0.2, -0.15) is 0 Å². The van der Waals surface area contributed by atoms with Crippen LogP contribution in [0.2, 0.25) is 0 Å². The lowest BCUT2D eigenvalue weighted by molar-refractivity contribution is -0.119. The highest BCUT2D eigenvalue weighted by atomic mass is 32.2. The molecule has 0 amide bonds. The van der Waals surface area contributed by atoms with Crippen molar-refractivity contribution in [1.82, 2.24) is 0 Å². The summed E-state index contributed by atoms with van der Waals surface area (Å²) in [5, 5.41) is 0. The standard InChI is InChI=1S/C10H18O4S/c1-8(2)10(11)7-15(12,13)6-9-4-3-5-14-9/h8-9H,3-7H2,1-2H3. The Morgan fingerprint density at radius 2 is 2.13 bits per heavy atom. The van der Waals surface area contributed by atoms with Gasteiger partial charge in [-0.05, 0) is 12.8 Å². The molecule has 1 unspecified atom stereocenters. The number of ether oxygens (including phenoxy) is 1. The lowest BCUT2D eigenvalue weighted by Crippen LogP contribution is -2.27. The van der Waals surface area contributed by atoms with Crippen molar-refractivity contribution in [3.05, 3.63) is 0 Å². The Labute approximate surface area is 90.9 Å². The summed E-state index contributed by atoms with van der Waals surface area (Å²) in [6.07, 6.45) is 1.50. The molecule has 0 radical (unpaired) electrons. The number of sulfone groups is 1. The normalized spacial score (nSPS) is 22.2. The molecule has 88 valence electrons. The molecule has 0 spiro atoms. The zero-order valence-corrected chi connectivity index (χ0v) is 10.0. The van der Waals surface area contributed by atoms with E-state index in [1.165, 1.54) is 0 Å². The van der Waals surface area contributed by atoms with Crippen LogP contribution >= 0.6 is 0 Å². The highest BCUT2D eigenvalue weighted by Gasteiger charge is 2.26. The maximum absolute atomic E-state index is 11.6. The summed E-state index contributed by atoms with van der Waals surface area (Å²) in [6, 6.07) is 0. The van der Waals surface area contributed by atoms with Gasteiger partial charge in [-0.15, -0.1) is 0 Å². The van der Waals surface area contributed by atoms with Crippen molar-refractivity contribution in [3.8, 4) is 0 Å². The van der Waals surface area contributed by atoms with Crippen molar-refractivity contribution in [3.63, 3.8) is 0 Å². The summed E-state index contributed by atoms with van der Waals surface area (Å²) in [5.74, 6) is -0.784. The summed E-state index contributed by atoms with van der Waals surface area (Å²) in [7, 11) is -3.28. The third-order valence-electron chi connectivity index (χ3n) is 2.47. The number of carbonyl (C=O) groups excluding carboxylic acids is 1. The average molecular weight is 234 g/mol. The molecule has 1 saturated heterocycles. The van der Waals surface area contributed by atoms with Gasteiger partial charge in [0.15, 0.2) is 9.84 Å². The zero-order chi connectivity index (χ0) is 11.5. The lowest BCUT2D eigenvalue weighted by Gasteiger charge is -2.10. The van der Waals surface area contributed by atoms with Crippen molar-refractivity contribution in [2.24, 2.45) is 5.92 Å². The van der Waals surface area contributed by atoms with Gasteiger partial charge < -0.3 is 4.74 Å². The first-order valence-electron chi connectivity index (χ1n) is 5.25. The second-order valence-corrected chi connectivity index (χ2v) is 6.42. The van der Waals surface area contributed by atoms with Crippen LogP contribution in [0.1, 0.15) is 26.7 Å². The van der Waals surface area contributed by atoms with E-state index in [1.54, 1.807) is 13.8 Å². The quantitative estimate of drug-likeness (QED) is 0.706. The Morgan fingerprint density at radius 1 is 1.47 bits per heavy atom. The number of hydrogen-bond donors (Lipinski definition) is 0. The predicted molar refractivity (Wildman–Crippen MR) is 57.5 cm³/mol. The van der Waals surface area contributed by atoms with Crippen LogP contribution in [0.25, 0.3) is 0 Å². The van der Waals surface area contributed by atoms with Crippen LogP contribution in [0.5, 0.6) is 0 Å². The topological polar surface area (TPSA) is 60.4 Å². The molecular formula is C10H18O4S. The largest absolute Gasteiger partial charge is 0.377 e. The Balaban J connectivity index is 2.48. The van der Waals surface area contributed by atoms with Crippen LogP contribution in [0, 0.1) is 5.92 Å². The summed E-state index contributed by atoms with van der Waals surface area (Å²) in [5.41, 5.74) is 0. The van der Waals surface area contributed by atoms with Gasteiger partial charge in [-0.1, -0.05) is 13.8 Å². The fraction of sp³-hybridized carbons (Fsp3) is 0.900. The van der Waals surface area contributed by atoms with Crippen molar-refractivity contribution < 1.29 is 17.9 Å². The molecule has 0 aliphatic carbocycles. The van der Waals surface area contributed by atoms with E-state index in [2.05, 4.69) is 0 Å². The van der Waals surface area contributed by atoms with E-state index >= 15 is 0 Å². The molecule has 1 rings (SSSR count). The van der Waals surface area contributed by atoms with Gasteiger partial charge in [0.2, 0.25) is 0 Å². The zero-order valence-electron chi connectivity index (χ0n) is 9.23. The predicted octanol–water partition coefficient (Wildman–Crippen LogP) is 0.805. The maximum Gasteiger partial charge on any atom is 0.159 e. The van der Waals surface area contributed by atoms with Gasteiger partial charge >= 0.3 is 0 Å². The fourth-order valence-corrected chi connectivity index (χ4v) is 3.22. The maximum atomic E-state index is 11.6.